The van der Waals surface area contributed by atoms with Crippen LogP contribution in [0.4, 0.5) is 4.39 Å². The molecule has 0 aliphatic heterocycles. The normalized spacial score (nSPS) is 10.1. The summed E-state index contributed by atoms with van der Waals surface area (Å²) in [5.74, 6) is 6.41. The van der Waals surface area contributed by atoms with Gasteiger partial charge in [-0.1, -0.05) is 5.92 Å². The molecule has 5 nitrogen and oxygen atoms in total. The van der Waals surface area contributed by atoms with Crippen molar-refractivity contribution < 1.29 is 18.7 Å². The number of rotatable bonds is 4. The summed E-state index contributed by atoms with van der Waals surface area (Å²) in [6, 6.07) is 10.7. The number of methoxy groups -OCH3 is 2. The number of halogens is 1. The van der Waals surface area contributed by atoms with Gasteiger partial charge in [-0.15, -0.1) is 0 Å². The molecular formula is C21H17FN2O3. The molecule has 136 valence electrons. The Kier molecular flexibility index (Phi) is 5.23. The third-order valence-electron chi connectivity index (χ3n) is 3.97. The van der Waals surface area contributed by atoms with Crippen LogP contribution >= 0.6 is 0 Å². The highest BCUT2D eigenvalue weighted by Crippen LogP contribution is 2.27. The van der Waals surface area contributed by atoms with Crippen molar-refractivity contribution in [1.29, 1.82) is 0 Å². The Labute approximate surface area is 156 Å². The molecule has 0 fully saturated rings. The number of imidazole rings is 1. The third kappa shape index (κ3) is 3.82. The van der Waals surface area contributed by atoms with E-state index in [1.54, 1.807) is 44.0 Å². The minimum Gasteiger partial charge on any atom is -0.493 e. The number of ether oxygens (including phenoxy) is 2. The monoisotopic (exact) mass is 364 g/mol. The molecule has 1 aromatic heterocycles. The van der Waals surface area contributed by atoms with Crippen molar-refractivity contribution >= 4 is 5.78 Å². The molecule has 0 bridgehead atoms. The molecule has 3 aromatic rings. The number of nitrogens with zero attached hydrogens (tertiary/aromatic N) is 2. The average Bonchev–Trinajstić information content (AvgIpc) is 3.06. The lowest BCUT2D eigenvalue weighted by Crippen LogP contribution is -2.09. The third-order valence-corrected chi connectivity index (χ3v) is 3.97. The fourth-order valence-electron chi connectivity index (χ4n) is 2.57. The number of benzene rings is 2. The molecule has 27 heavy (non-hydrogen) atoms. The Balaban J connectivity index is 1.96. The molecular weight excluding hydrogens is 347 g/mol. The van der Waals surface area contributed by atoms with Crippen LogP contribution in [0.15, 0.2) is 48.8 Å². The van der Waals surface area contributed by atoms with E-state index in [0.717, 1.165) is 0 Å². The van der Waals surface area contributed by atoms with Gasteiger partial charge in [-0.3, -0.25) is 4.79 Å². The first-order chi connectivity index (χ1) is 13.0. The molecule has 1 heterocycles. The van der Waals surface area contributed by atoms with E-state index in [2.05, 4.69) is 16.8 Å². The van der Waals surface area contributed by atoms with Crippen molar-refractivity contribution in [2.75, 3.05) is 14.2 Å². The predicted octanol–water partition coefficient (Wildman–Crippen LogP) is 3.21. The molecule has 0 aliphatic rings. The lowest BCUT2D eigenvalue weighted by Gasteiger charge is -2.06. The van der Waals surface area contributed by atoms with Gasteiger partial charge in [0.05, 0.1) is 20.5 Å². The molecule has 0 saturated carbocycles. The van der Waals surface area contributed by atoms with Gasteiger partial charge in [-0.2, -0.15) is 0 Å². The first-order valence-electron chi connectivity index (χ1n) is 8.09. The molecule has 0 saturated heterocycles. The number of hydrogen-bond acceptors (Lipinski definition) is 4. The Morgan fingerprint density at radius 2 is 1.74 bits per heavy atom. The van der Waals surface area contributed by atoms with Crippen LogP contribution in [0.25, 0.3) is 0 Å². The largest absolute Gasteiger partial charge is 0.493 e. The summed E-state index contributed by atoms with van der Waals surface area (Å²) < 4.78 is 25.2. The van der Waals surface area contributed by atoms with Crippen LogP contribution in [0.2, 0.25) is 0 Å². The Bertz CT molecular complexity index is 1040. The Morgan fingerprint density at radius 3 is 2.41 bits per heavy atom. The van der Waals surface area contributed by atoms with Gasteiger partial charge in [0.25, 0.3) is 0 Å². The highest BCUT2D eigenvalue weighted by atomic mass is 19.1. The Morgan fingerprint density at radius 1 is 1.04 bits per heavy atom. The van der Waals surface area contributed by atoms with Crippen LogP contribution in [-0.2, 0) is 7.05 Å². The summed E-state index contributed by atoms with van der Waals surface area (Å²) in [7, 11) is 4.82. The summed E-state index contributed by atoms with van der Waals surface area (Å²) in [5.41, 5.74) is 1.75. The topological polar surface area (TPSA) is 53.4 Å². The molecule has 0 N–H and O–H groups in total. The van der Waals surface area contributed by atoms with Gasteiger partial charge in [-0.25, -0.2) is 9.37 Å². The fourth-order valence-corrected chi connectivity index (χ4v) is 2.57. The highest BCUT2D eigenvalue weighted by molar-refractivity contribution is 6.09. The maximum atomic E-state index is 13.1. The van der Waals surface area contributed by atoms with E-state index in [1.165, 1.54) is 30.6 Å². The van der Waals surface area contributed by atoms with Crippen molar-refractivity contribution in [3.63, 3.8) is 0 Å². The molecule has 0 spiro atoms. The first kappa shape index (κ1) is 18.2. The van der Waals surface area contributed by atoms with Crippen LogP contribution in [0, 0.1) is 17.7 Å². The fraction of sp³-hybridized carbons (Fsp3) is 0.143. The standard InChI is InChI=1S/C21H17FN2O3/c1-24-13-23-17(20(24)21(25)15-6-8-16(22)9-7-15)10-4-14-5-11-18(26-2)19(12-14)27-3/h5-9,11-13H,1-3H3. The molecule has 3 rings (SSSR count). The van der Waals surface area contributed by atoms with E-state index in [4.69, 9.17) is 9.47 Å². The van der Waals surface area contributed by atoms with Crippen LogP contribution in [0.5, 0.6) is 11.5 Å². The minimum absolute atomic E-state index is 0.272. The highest BCUT2D eigenvalue weighted by Gasteiger charge is 2.18. The van der Waals surface area contributed by atoms with Crippen LogP contribution in [0.1, 0.15) is 27.3 Å². The van der Waals surface area contributed by atoms with Crippen LogP contribution in [-0.4, -0.2) is 29.6 Å². The van der Waals surface area contributed by atoms with E-state index in [-0.39, 0.29) is 5.78 Å². The van der Waals surface area contributed by atoms with Crippen molar-refractivity contribution in [2.45, 2.75) is 0 Å². The van der Waals surface area contributed by atoms with Gasteiger partial charge in [0.2, 0.25) is 5.78 Å². The molecule has 0 unspecified atom stereocenters. The van der Waals surface area contributed by atoms with Crippen molar-refractivity contribution in [1.82, 2.24) is 9.55 Å². The molecule has 0 amide bonds. The van der Waals surface area contributed by atoms with Gasteiger partial charge in [-0.05, 0) is 48.4 Å². The van der Waals surface area contributed by atoms with Gasteiger partial charge >= 0.3 is 0 Å². The molecule has 0 radical (unpaired) electrons. The lowest BCUT2D eigenvalue weighted by atomic mass is 10.1. The van der Waals surface area contributed by atoms with Gasteiger partial charge in [0, 0.05) is 18.2 Å². The number of carbonyl (C=O) groups excluding carboxylic acids is 1. The van der Waals surface area contributed by atoms with E-state index in [1.807, 2.05) is 0 Å². The number of aryl methyl sites for hydroxylation is 1. The summed E-state index contributed by atoms with van der Waals surface area (Å²) in [4.78, 5) is 17.0. The average molecular weight is 364 g/mol. The minimum atomic E-state index is -0.398. The van der Waals surface area contributed by atoms with E-state index >= 15 is 0 Å². The summed E-state index contributed by atoms with van der Waals surface area (Å²) in [6.45, 7) is 0. The predicted molar refractivity (Wildman–Crippen MR) is 98.6 cm³/mol. The van der Waals surface area contributed by atoms with E-state index < -0.39 is 5.82 Å². The summed E-state index contributed by atoms with van der Waals surface area (Å²) >= 11 is 0. The van der Waals surface area contributed by atoms with Crippen LogP contribution < -0.4 is 9.47 Å². The second-order valence-corrected chi connectivity index (χ2v) is 5.71. The quantitative estimate of drug-likeness (QED) is 0.527. The maximum Gasteiger partial charge on any atom is 0.212 e. The second-order valence-electron chi connectivity index (χ2n) is 5.71. The smallest absolute Gasteiger partial charge is 0.212 e. The molecule has 0 atom stereocenters. The van der Waals surface area contributed by atoms with Crippen molar-refractivity contribution in [3.05, 3.63) is 77.1 Å². The molecule has 0 aliphatic carbocycles. The van der Waals surface area contributed by atoms with Crippen molar-refractivity contribution in [2.24, 2.45) is 7.05 Å². The van der Waals surface area contributed by atoms with Crippen molar-refractivity contribution in [3.8, 4) is 23.3 Å². The first-order valence-corrected chi connectivity index (χ1v) is 8.09. The second kappa shape index (κ2) is 7.75. The number of carbonyl (C=O) groups is 1. The zero-order chi connectivity index (χ0) is 19.4. The van der Waals surface area contributed by atoms with Gasteiger partial charge < -0.3 is 14.0 Å². The number of ketones is 1. The number of aromatic nitrogens is 2. The van der Waals surface area contributed by atoms with Gasteiger partial charge in [0.15, 0.2) is 11.5 Å². The summed E-state index contributed by atoms with van der Waals surface area (Å²) in [5, 5.41) is 0. The van der Waals surface area contributed by atoms with Crippen LogP contribution in [0.3, 0.4) is 0 Å². The SMILES string of the molecule is COc1ccc(C#Cc2ncn(C)c2C(=O)c2ccc(F)cc2)cc1OC. The molecule has 6 heteroatoms. The Hall–Kier alpha value is -3.59. The van der Waals surface area contributed by atoms with Gasteiger partial charge in [0.1, 0.15) is 17.2 Å². The maximum absolute atomic E-state index is 13.1. The lowest BCUT2D eigenvalue weighted by molar-refractivity contribution is 0.103. The summed E-state index contributed by atoms with van der Waals surface area (Å²) in [6.07, 6.45) is 1.52. The molecule has 2 aromatic carbocycles. The number of hydrogen-bond donors (Lipinski definition) is 0. The van der Waals surface area contributed by atoms with E-state index in [0.29, 0.717) is 34.0 Å². The zero-order valence-electron chi connectivity index (χ0n) is 15.1. The van der Waals surface area contributed by atoms with E-state index in [9.17, 15) is 9.18 Å². The zero-order valence-corrected chi connectivity index (χ0v) is 15.1.